The molecule has 0 atom stereocenters. The third-order valence-electron chi connectivity index (χ3n) is 3.28. The van der Waals surface area contributed by atoms with Gasteiger partial charge in [-0.3, -0.25) is 4.79 Å². The summed E-state index contributed by atoms with van der Waals surface area (Å²) >= 11 is 0. The van der Waals surface area contributed by atoms with Gasteiger partial charge in [-0.15, -0.1) is 0 Å². The number of benzene rings is 1. The summed E-state index contributed by atoms with van der Waals surface area (Å²) in [6, 6.07) is 4.67. The molecule has 0 spiro atoms. The number of hydrogen-bond acceptors (Lipinski definition) is 4. The van der Waals surface area contributed by atoms with Crippen molar-refractivity contribution in [1.82, 2.24) is 5.32 Å². The lowest BCUT2D eigenvalue weighted by atomic mass is 9.90. The van der Waals surface area contributed by atoms with Crippen LogP contribution < -0.4 is 14.8 Å². The van der Waals surface area contributed by atoms with E-state index in [1.807, 2.05) is 0 Å². The monoisotopic (exact) mass is 317 g/mol. The van der Waals surface area contributed by atoms with E-state index in [1.165, 1.54) is 13.2 Å². The zero-order valence-electron chi connectivity index (χ0n) is 12.9. The van der Waals surface area contributed by atoms with E-state index >= 15 is 0 Å². The second-order valence-corrected chi connectivity index (χ2v) is 5.48. The molecule has 0 aromatic heterocycles. The van der Waals surface area contributed by atoms with E-state index in [4.69, 9.17) is 9.84 Å². The van der Waals surface area contributed by atoms with Crippen LogP contribution in [0.4, 0.5) is 8.78 Å². The highest BCUT2D eigenvalue weighted by Gasteiger charge is 2.26. The largest absolute Gasteiger partial charge is 0.493 e. The van der Waals surface area contributed by atoms with Crippen molar-refractivity contribution in [2.24, 2.45) is 5.41 Å². The van der Waals surface area contributed by atoms with Crippen molar-refractivity contribution in [3.8, 4) is 11.5 Å². The summed E-state index contributed by atoms with van der Waals surface area (Å²) in [7, 11) is 1.38. The van der Waals surface area contributed by atoms with Crippen LogP contribution in [0.2, 0.25) is 0 Å². The normalized spacial score (nSPS) is 11.5. The maximum atomic E-state index is 12.2. The van der Waals surface area contributed by atoms with Gasteiger partial charge in [-0.25, -0.2) is 0 Å². The minimum absolute atomic E-state index is 0.0201. The average Bonchev–Trinajstić information content (AvgIpc) is 2.44. The van der Waals surface area contributed by atoms with Crippen LogP contribution in [0.3, 0.4) is 0 Å². The molecule has 124 valence electrons. The maximum absolute atomic E-state index is 12.2. The van der Waals surface area contributed by atoms with E-state index in [2.05, 4.69) is 10.1 Å². The molecular weight excluding hydrogens is 296 g/mol. The Hall–Kier alpha value is -1.89. The molecule has 0 saturated heterocycles. The number of ether oxygens (including phenoxy) is 2. The summed E-state index contributed by atoms with van der Waals surface area (Å²) in [5.74, 6) is -0.636. The summed E-state index contributed by atoms with van der Waals surface area (Å²) in [5, 5.41) is 12.1. The molecule has 1 aromatic rings. The van der Waals surface area contributed by atoms with Crippen LogP contribution >= 0.6 is 0 Å². The minimum Gasteiger partial charge on any atom is -0.493 e. The Labute approximate surface area is 128 Å². The van der Waals surface area contributed by atoms with E-state index in [1.54, 1.807) is 26.0 Å². The molecule has 1 rings (SSSR count). The lowest BCUT2D eigenvalue weighted by Gasteiger charge is -2.19. The quantitative estimate of drug-likeness (QED) is 0.686. The van der Waals surface area contributed by atoms with Crippen molar-refractivity contribution in [3.05, 3.63) is 23.8 Å². The Morgan fingerprint density at radius 2 is 2.05 bits per heavy atom. The van der Waals surface area contributed by atoms with E-state index in [0.717, 1.165) is 5.56 Å². The summed E-state index contributed by atoms with van der Waals surface area (Å²) in [6.45, 7) is 1.42. The van der Waals surface area contributed by atoms with E-state index < -0.39 is 18.0 Å². The van der Waals surface area contributed by atoms with Crippen LogP contribution in [-0.4, -0.2) is 31.3 Å². The smallest absolute Gasteiger partial charge is 0.387 e. The zero-order valence-corrected chi connectivity index (χ0v) is 12.9. The Balaban J connectivity index is 2.55. The van der Waals surface area contributed by atoms with Gasteiger partial charge in [0.1, 0.15) is 0 Å². The second-order valence-electron chi connectivity index (χ2n) is 5.48. The summed E-state index contributed by atoms with van der Waals surface area (Å²) in [4.78, 5) is 11.0. The lowest BCUT2D eigenvalue weighted by Crippen LogP contribution is -2.28. The number of carboxylic acid groups (broad SMARTS) is 1. The Morgan fingerprint density at radius 3 is 2.59 bits per heavy atom. The van der Waals surface area contributed by atoms with Gasteiger partial charge in [-0.05, 0) is 44.5 Å². The van der Waals surface area contributed by atoms with E-state index in [9.17, 15) is 13.6 Å². The highest BCUT2D eigenvalue weighted by atomic mass is 19.3. The van der Waals surface area contributed by atoms with Crippen LogP contribution in [0.25, 0.3) is 0 Å². The molecule has 0 aliphatic carbocycles. The first-order valence-corrected chi connectivity index (χ1v) is 6.82. The SMILES string of the molecule is COc1cc(CNCCC(C)(C)C(=O)O)ccc1OC(F)F. The molecule has 0 saturated carbocycles. The van der Waals surface area contributed by atoms with Gasteiger partial charge >= 0.3 is 12.6 Å². The molecular formula is C15H21F2NO4. The number of rotatable bonds is 9. The fourth-order valence-corrected chi connectivity index (χ4v) is 1.76. The average molecular weight is 317 g/mol. The first-order chi connectivity index (χ1) is 10.3. The lowest BCUT2D eigenvalue weighted by molar-refractivity contribution is -0.147. The highest BCUT2D eigenvalue weighted by Crippen LogP contribution is 2.29. The van der Waals surface area contributed by atoms with Crippen LogP contribution in [0.15, 0.2) is 18.2 Å². The van der Waals surface area contributed by atoms with Gasteiger partial charge in [0.15, 0.2) is 11.5 Å². The molecule has 0 aliphatic rings. The third-order valence-corrected chi connectivity index (χ3v) is 3.28. The summed E-state index contributed by atoms with van der Waals surface area (Å²) in [5.41, 5.74) is 0.0335. The van der Waals surface area contributed by atoms with Crippen molar-refractivity contribution in [2.75, 3.05) is 13.7 Å². The molecule has 0 radical (unpaired) electrons. The molecule has 2 N–H and O–H groups in total. The predicted molar refractivity (Wildman–Crippen MR) is 77.4 cm³/mol. The fourth-order valence-electron chi connectivity index (χ4n) is 1.76. The maximum Gasteiger partial charge on any atom is 0.387 e. The number of halogens is 2. The van der Waals surface area contributed by atoms with Gasteiger partial charge < -0.3 is 19.9 Å². The highest BCUT2D eigenvalue weighted by molar-refractivity contribution is 5.73. The minimum atomic E-state index is -2.91. The van der Waals surface area contributed by atoms with Crippen molar-refractivity contribution in [3.63, 3.8) is 0 Å². The van der Waals surface area contributed by atoms with Crippen LogP contribution in [-0.2, 0) is 11.3 Å². The Bertz CT molecular complexity index is 506. The standard InChI is InChI=1S/C15H21F2NO4/c1-15(2,13(19)20)6-7-18-9-10-4-5-11(22-14(16)17)12(8-10)21-3/h4-5,8,14,18H,6-7,9H2,1-3H3,(H,19,20). The number of alkyl halides is 2. The van der Waals surface area contributed by atoms with Crippen molar-refractivity contribution < 1.29 is 28.2 Å². The van der Waals surface area contributed by atoms with Crippen LogP contribution in [0.5, 0.6) is 11.5 Å². The number of hydrogen-bond donors (Lipinski definition) is 2. The molecule has 0 bridgehead atoms. The van der Waals surface area contributed by atoms with Gasteiger partial charge in [0, 0.05) is 6.54 Å². The Kier molecular flexibility index (Phi) is 6.55. The van der Waals surface area contributed by atoms with E-state index in [-0.39, 0.29) is 11.5 Å². The predicted octanol–water partition coefficient (Wildman–Crippen LogP) is 2.89. The molecule has 1 aromatic carbocycles. The zero-order chi connectivity index (χ0) is 16.8. The number of nitrogens with one attached hydrogen (secondary N) is 1. The van der Waals surface area contributed by atoms with Crippen molar-refractivity contribution in [2.45, 2.75) is 33.4 Å². The number of carboxylic acids is 1. The molecule has 22 heavy (non-hydrogen) atoms. The molecule has 5 nitrogen and oxygen atoms in total. The van der Waals surface area contributed by atoms with E-state index in [0.29, 0.717) is 19.5 Å². The van der Waals surface area contributed by atoms with Gasteiger partial charge in [-0.2, -0.15) is 8.78 Å². The molecule has 7 heteroatoms. The van der Waals surface area contributed by atoms with Crippen LogP contribution in [0, 0.1) is 5.41 Å². The summed E-state index contributed by atoms with van der Waals surface area (Å²) < 4.78 is 33.8. The fraction of sp³-hybridized carbons (Fsp3) is 0.533. The molecule has 0 aliphatic heterocycles. The first kappa shape index (κ1) is 18.2. The Morgan fingerprint density at radius 1 is 1.36 bits per heavy atom. The topological polar surface area (TPSA) is 67.8 Å². The molecule has 0 unspecified atom stereocenters. The second kappa shape index (κ2) is 7.93. The number of aliphatic carboxylic acids is 1. The summed E-state index contributed by atoms with van der Waals surface area (Å²) in [6.07, 6.45) is 0.478. The van der Waals surface area contributed by atoms with Gasteiger partial charge in [0.05, 0.1) is 12.5 Å². The van der Waals surface area contributed by atoms with Crippen molar-refractivity contribution >= 4 is 5.97 Å². The van der Waals surface area contributed by atoms with Crippen molar-refractivity contribution in [1.29, 1.82) is 0 Å². The molecule has 0 heterocycles. The van der Waals surface area contributed by atoms with Crippen LogP contribution in [0.1, 0.15) is 25.8 Å². The number of methoxy groups -OCH3 is 1. The van der Waals surface area contributed by atoms with Gasteiger partial charge in [0.25, 0.3) is 0 Å². The first-order valence-electron chi connectivity index (χ1n) is 6.82. The third kappa shape index (κ3) is 5.48. The van der Waals surface area contributed by atoms with Gasteiger partial charge in [-0.1, -0.05) is 6.07 Å². The van der Waals surface area contributed by atoms with Gasteiger partial charge in [0.2, 0.25) is 0 Å². The molecule has 0 fully saturated rings. The molecule has 0 amide bonds. The number of carbonyl (C=O) groups is 1.